The number of hydrogen-bond acceptors (Lipinski definition) is 1. The Morgan fingerprint density at radius 1 is 1.11 bits per heavy atom. The molecule has 0 aliphatic carbocycles. The van der Waals surface area contributed by atoms with Gasteiger partial charge in [0, 0.05) is 9.92 Å². The van der Waals surface area contributed by atoms with Gasteiger partial charge in [-0.3, -0.25) is 0 Å². The summed E-state index contributed by atoms with van der Waals surface area (Å²) in [7, 11) is 0. The van der Waals surface area contributed by atoms with Crippen LogP contribution in [0.2, 0.25) is 5.02 Å². The van der Waals surface area contributed by atoms with Gasteiger partial charge in [0.05, 0.1) is 0 Å². The molecule has 3 heteroatoms. The van der Waals surface area contributed by atoms with Crippen molar-refractivity contribution in [3.05, 3.63) is 29.3 Å². The summed E-state index contributed by atoms with van der Waals surface area (Å²) in [5.74, 6) is 0. The van der Waals surface area contributed by atoms with Gasteiger partial charge < -0.3 is 0 Å². The maximum atomic E-state index is 5.58. The number of halogens is 1. The van der Waals surface area contributed by atoms with Crippen molar-refractivity contribution in [3.63, 3.8) is 0 Å². The fourth-order valence-electron chi connectivity index (χ4n) is 0.441. The summed E-state index contributed by atoms with van der Waals surface area (Å²) in [6.45, 7) is 0. The van der Waals surface area contributed by atoms with Gasteiger partial charge in [0.15, 0.2) is 0 Å². The summed E-state index contributed by atoms with van der Waals surface area (Å²) in [6.07, 6.45) is 0. The third-order valence-corrected chi connectivity index (χ3v) is 1.38. The van der Waals surface area contributed by atoms with Crippen molar-refractivity contribution in [3.8, 4) is 0 Å². The Hall–Kier alpha value is 0.743. The summed E-state index contributed by atoms with van der Waals surface area (Å²) >= 11 is 9.65. The maximum absolute atomic E-state index is 5.58. The Morgan fingerprint density at radius 3 is 1.89 bits per heavy atom. The molecule has 0 aromatic heterocycles. The van der Waals surface area contributed by atoms with Crippen LogP contribution < -0.4 is 0 Å². The predicted octanol–water partition coefficient (Wildman–Crippen LogP) is 1.44. The quantitative estimate of drug-likeness (QED) is 0.528. The Balaban J connectivity index is 0.000000640. The molecule has 0 amide bonds. The van der Waals surface area contributed by atoms with Crippen LogP contribution in [0.3, 0.4) is 0 Å². The monoisotopic (exact) mass is 356 g/mol. The zero-order valence-corrected chi connectivity index (χ0v) is 12.0. The van der Waals surface area contributed by atoms with E-state index >= 15 is 0 Å². The van der Waals surface area contributed by atoms with E-state index in [1.807, 2.05) is 24.3 Å². The van der Waals surface area contributed by atoms with Crippen LogP contribution in [-0.2, 0) is 0 Å². The summed E-state index contributed by atoms with van der Waals surface area (Å²) < 4.78 is 0. The van der Waals surface area contributed by atoms with Gasteiger partial charge in [-0.25, -0.2) is 0 Å². The summed E-state index contributed by atoms with van der Waals surface area (Å²) in [5, 5.41) is 0.753. The molecular weight excluding hydrogens is 349 g/mol. The molecule has 0 bridgehead atoms. The van der Waals surface area contributed by atoms with Crippen molar-refractivity contribution < 1.29 is 0 Å². The number of thiol groups is 1. The predicted molar refractivity (Wildman–Crippen MR) is 48.6 cm³/mol. The molecule has 9 heavy (non-hydrogen) atoms. The number of hydrogen-bond donors (Lipinski definition) is 1. The van der Waals surface area contributed by atoms with Crippen molar-refractivity contribution >= 4 is 50.4 Å². The Morgan fingerprint density at radius 2 is 1.56 bits per heavy atom. The van der Waals surface area contributed by atoms with Gasteiger partial charge in [-0.05, 0) is 24.3 Å². The minimum atomic E-state index is 0. The molecular formula is C6H8BiClS. The van der Waals surface area contributed by atoms with Crippen molar-refractivity contribution in [2.75, 3.05) is 0 Å². The SMILES string of the molecule is Sc1ccc(Cl)cc1.[BiH3]. The van der Waals surface area contributed by atoms with Gasteiger partial charge >= 0.3 is 26.2 Å². The van der Waals surface area contributed by atoms with Crippen LogP contribution in [0.4, 0.5) is 0 Å². The molecule has 1 rings (SSSR count). The molecule has 50 valence electrons. The molecule has 0 aliphatic rings. The first-order valence-electron chi connectivity index (χ1n) is 2.23. The Labute approximate surface area is 84.1 Å². The summed E-state index contributed by atoms with van der Waals surface area (Å²) in [6, 6.07) is 7.32. The van der Waals surface area contributed by atoms with Crippen LogP contribution in [0.25, 0.3) is 0 Å². The standard InChI is InChI=1S/C6H5ClS.Bi.3H/c7-5-1-3-6(8)4-2-5;;;;/h1-4,8H;;;;. The molecule has 0 fully saturated rings. The average molecular weight is 357 g/mol. The van der Waals surface area contributed by atoms with Crippen molar-refractivity contribution in [2.45, 2.75) is 4.90 Å². The van der Waals surface area contributed by atoms with Crippen LogP contribution in [0.5, 0.6) is 0 Å². The summed E-state index contributed by atoms with van der Waals surface area (Å²) in [4.78, 5) is 0.939. The zero-order valence-electron chi connectivity index (χ0n) is 4.84. The molecule has 0 N–H and O–H groups in total. The van der Waals surface area contributed by atoms with Crippen LogP contribution in [0, 0.1) is 0 Å². The van der Waals surface area contributed by atoms with Crippen LogP contribution in [0.1, 0.15) is 0 Å². The van der Waals surface area contributed by atoms with E-state index in [9.17, 15) is 0 Å². The molecule has 0 radical (unpaired) electrons. The normalized spacial score (nSPS) is 8.22. The first kappa shape index (κ1) is 9.74. The molecule has 1 aromatic carbocycles. The molecule has 0 spiro atoms. The van der Waals surface area contributed by atoms with Crippen molar-refractivity contribution in [1.29, 1.82) is 0 Å². The van der Waals surface area contributed by atoms with E-state index in [1.54, 1.807) is 0 Å². The van der Waals surface area contributed by atoms with Gasteiger partial charge in [-0.15, -0.1) is 12.6 Å². The van der Waals surface area contributed by atoms with Crippen LogP contribution in [0.15, 0.2) is 29.2 Å². The molecule has 0 unspecified atom stereocenters. The average Bonchev–Trinajstić information content (AvgIpc) is 1.77. The number of benzene rings is 1. The van der Waals surface area contributed by atoms with Crippen molar-refractivity contribution in [2.24, 2.45) is 0 Å². The molecule has 0 saturated carbocycles. The second kappa shape index (κ2) is 4.54. The van der Waals surface area contributed by atoms with E-state index in [4.69, 9.17) is 11.6 Å². The van der Waals surface area contributed by atoms with Crippen LogP contribution in [-0.4, -0.2) is 26.2 Å². The fraction of sp³-hybridized carbons (Fsp3) is 0. The van der Waals surface area contributed by atoms with E-state index in [1.165, 1.54) is 0 Å². The van der Waals surface area contributed by atoms with E-state index in [-0.39, 0.29) is 26.2 Å². The summed E-state index contributed by atoms with van der Waals surface area (Å²) in [5.41, 5.74) is 0. The van der Waals surface area contributed by atoms with Gasteiger partial charge in [-0.1, -0.05) is 11.6 Å². The van der Waals surface area contributed by atoms with E-state index in [0.29, 0.717) is 0 Å². The molecule has 1 aromatic rings. The van der Waals surface area contributed by atoms with Gasteiger partial charge in [-0.2, -0.15) is 0 Å². The van der Waals surface area contributed by atoms with Gasteiger partial charge in [0.1, 0.15) is 0 Å². The second-order valence-electron chi connectivity index (χ2n) is 1.48. The minimum absolute atomic E-state index is 0. The number of rotatable bonds is 0. The van der Waals surface area contributed by atoms with Gasteiger partial charge in [0.2, 0.25) is 0 Å². The van der Waals surface area contributed by atoms with Crippen molar-refractivity contribution in [1.82, 2.24) is 0 Å². The Kier molecular flexibility index (Phi) is 4.92. The van der Waals surface area contributed by atoms with Crippen LogP contribution >= 0.6 is 24.2 Å². The molecule has 0 nitrogen and oxygen atoms in total. The first-order chi connectivity index (χ1) is 3.79. The second-order valence-corrected chi connectivity index (χ2v) is 2.43. The van der Waals surface area contributed by atoms with Gasteiger partial charge in [0.25, 0.3) is 0 Å². The third kappa shape index (κ3) is 3.44. The Bertz CT molecular complexity index is 152. The zero-order chi connectivity index (χ0) is 5.98. The topological polar surface area (TPSA) is 0 Å². The third-order valence-electron chi connectivity index (χ3n) is 0.827. The van der Waals surface area contributed by atoms with E-state index < -0.39 is 0 Å². The fourth-order valence-corrected chi connectivity index (χ4v) is 0.716. The molecule has 0 atom stereocenters. The van der Waals surface area contributed by atoms with E-state index in [0.717, 1.165) is 9.92 Å². The van der Waals surface area contributed by atoms with E-state index in [2.05, 4.69) is 12.6 Å². The first-order valence-corrected chi connectivity index (χ1v) is 3.06. The molecule has 0 aliphatic heterocycles. The molecule has 0 heterocycles. The molecule has 0 saturated heterocycles.